The quantitative estimate of drug-likeness (QED) is 0.797. The first-order valence-electron chi connectivity index (χ1n) is 8.01. The van der Waals surface area contributed by atoms with Gasteiger partial charge < -0.3 is 4.74 Å². The van der Waals surface area contributed by atoms with Crippen LogP contribution in [-0.4, -0.2) is 33.2 Å². The van der Waals surface area contributed by atoms with Crippen LogP contribution in [0.25, 0.3) is 0 Å². The Balaban J connectivity index is 2.16. The van der Waals surface area contributed by atoms with Crippen molar-refractivity contribution in [2.45, 2.75) is 49.7 Å². The summed E-state index contributed by atoms with van der Waals surface area (Å²) in [6.45, 7) is 1.82. The topological polar surface area (TPSA) is 72.5 Å². The summed E-state index contributed by atoms with van der Waals surface area (Å²) in [6.07, 6.45) is -3.41. The molecule has 0 heterocycles. The van der Waals surface area contributed by atoms with E-state index in [9.17, 15) is 26.4 Å². The van der Waals surface area contributed by atoms with Gasteiger partial charge in [0.2, 0.25) is 10.0 Å². The molecule has 1 saturated carbocycles. The van der Waals surface area contributed by atoms with Gasteiger partial charge in [-0.15, -0.1) is 0 Å². The zero-order chi connectivity index (χ0) is 18.7. The third-order valence-corrected chi connectivity index (χ3v) is 5.67. The van der Waals surface area contributed by atoms with E-state index in [0.29, 0.717) is 12.8 Å². The third kappa shape index (κ3) is 4.94. The summed E-state index contributed by atoms with van der Waals surface area (Å²) in [5.74, 6) is -2.28. The van der Waals surface area contributed by atoms with Crippen LogP contribution in [0, 0.1) is 5.92 Å². The fourth-order valence-electron chi connectivity index (χ4n) is 2.92. The molecule has 9 heteroatoms. The lowest BCUT2D eigenvalue weighted by Crippen LogP contribution is -2.47. The molecule has 1 aliphatic rings. The number of alkyl halides is 3. The van der Waals surface area contributed by atoms with Crippen molar-refractivity contribution in [3.8, 4) is 0 Å². The molecule has 2 rings (SSSR count). The molecule has 0 aliphatic heterocycles. The fourth-order valence-corrected chi connectivity index (χ4v) is 4.23. The van der Waals surface area contributed by atoms with Crippen LogP contribution in [0.3, 0.4) is 0 Å². The summed E-state index contributed by atoms with van der Waals surface area (Å²) < 4.78 is 71.0. The van der Waals surface area contributed by atoms with E-state index in [1.165, 1.54) is 24.3 Å². The Labute approximate surface area is 144 Å². The lowest BCUT2D eigenvalue weighted by atomic mass is 9.85. The molecular weight excluding hydrogens is 359 g/mol. The first-order chi connectivity index (χ1) is 11.6. The highest BCUT2D eigenvalue weighted by atomic mass is 32.2. The minimum Gasteiger partial charge on any atom is -0.462 e. The van der Waals surface area contributed by atoms with E-state index in [1.807, 2.05) is 0 Å². The number of esters is 1. The monoisotopic (exact) mass is 379 g/mol. The van der Waals surface area contributed by atoms with Gasteiger partial charge in [-0.05, 0) is 44.0 Å². The molecule has 0 aromatic heterocycles. The van der Waals surface area contributed by atoms with Crippen molar-refractivity contribution in [2.24, 2.45) is 5.92 Å². The lowest BCUT2D eigenvalue weighted by Gasteiger charge is -2.33. The van der Waals surface area contributed by atoms with Gasteiger partial charge in [-0.1, -0.05) is 12.8 Å². The molecule has 0 amide bonds. The summed E-state index contributed by atoms with van der Waals surface area (Å²) in [5.41, 5.74) is 0.173. The second-order valence-electron chi connectivity index (χ2n) is 5.91. The molecule has 0 bridgehead atoms. The van der Waals surface area contributed by atoms with Crippen LogP contribution in [0.2, 0.25) is 0 Å². The molecule has 1 aromatic carbocycles. The molecule has 0 radical (unpaired) electrons. The maximum Gasteiger partial charge on any atom is 0.393 e. The van der Waals surface area contributed by atoms with Crippen molar-refractivity contribution >= 4 is 16.0 Å². The highest BCUT2D eigenvalue weighted by Crippen LogP contribution is 2.38. The van der Waals surface area contributed by atoms with E-state index in [4.69, 9.17) is 4.74 Å². The summed E-state index contributed by atoms with van der Waals surface area (Å²) in [4.78, 5) is 11.4. The molecule has 2 atom stereocenters. The Morgan fingerprint density at radius 2 is 1.80 bits per heavy atom. The molecule has 25 heavy (non-hydrogen) atoms. The molecule has 1 aromatic rings. The number of carbonyl (C=O) groups is 1. The maximum atomic E-state index is 13.1. The van der Waals surface area contributed by atoms with Gasteiger partial charge in [0, 0.05) is 6.04 Å². The van der Waals surface area contributed by atoms with Crippen molar-refractivity contribution in [2.75, 3.05) is 6.61 Å². The van der Waals surface area contributed by atoms with Crippen molar-refractivity contribution in [3.05, 3.63) is 29.8 Å². The Morgan fingerprint density at radius 1 is 1.20 bits per heavy atom. The second kappa shape index (κ2) is 7.74. The van der Waals surface area contributed by atoms with E-state index in [0.717, 1.165) is 0 Å². The number of rotatable bonds is 5. The van der Waals surface area contributed by atoms with Crippen molar-refractivity contribution in [3.63, 3.8) is 0 Å². The fraction of sp³-hybridized carbons (Fsp3) is 0.562. The van der Waals surface area contributed by atoms with E-state index < -0.39 is 34.1 Å². The van der Waals surface area contributed by atoms with E-state index in [2.05, 4.69) is 4.72 Å². The molecule has 140 valence electrons. The minimum absolute atomic E-state index is 0.0848. The molecule has 1 fully saturated rings. The summed E-state index contributed by atoms with van der Waals surface area (Å²) in [7, 11) is -4.11. The van der Waals surface area contributed by atoms with Crippen molar-refractivity contribution < 1.29 is 31.1 Å². The zero-order valence-electron chi connectivity index (χ0n) is 13.7. The number of sulfonamides is 1. The Bertz CT molecular complexity index is 701. The highest BCUT2D eigenvalue weighted by Gasteiger charge is 2.46. The van der Waals surface area contributed by atoms with E-state index in [1.54, 1.807) is 6.92 Å². The number of ether oxygens (including phenoxy) is 1. The molecule has 0 unspecified atom stereocenters. The molecule has 0 saturated heterocycles. The largest absolute Gasteiger partial charge is 0.462 e. The van der Waals surface area contributed by atoms with Gasteiger partial charge in [-0.2, -0.15) is 13.2 Å². The molecular formula is C16H20F3NO4S. The summed E-state index contributed by atoms with van der Waals surface area (Å²) in [6, 6.07) is 3.73. The lowest BCUT2D eigenvalue weighted by molar-refractivity contribution is -0.187. The van der Waals surface area contributed by atoms with Crippen LogP contribution in [0.15, 0.2) is 29.2 Å². The summed E-state index contributed by atoms with van der Waals surface area (Å²) in [5, 5.41) is 0. The van der Waals surface area contributed by atoms with Gasteiger partial charge in [0.05, 0.1) is 23.0 Å². The zero-order valence-corrected chi connectivity index (χ0v) is 14.5. The van der Waals surface area contributed by atoms with Gasteiger partial charge in [-0.3, -0.25) is 0 Å². The van der Waals surface area contributed by atoms with Gasteiger partial charge in [0.25, 0.3) is 0 Å². The number of hydrogen-bond acceptors (Lipinski definition) is 4. The number of hydrogen-bond donors (Lipinski definition) is 1. The van der Waals surface area contributed by atoms with Gasteiger partial charge in [0.1, 0.15) is 0 Å². The van der Waals surface area contributed by atoms with Gasteiger partial charge in [-0.25, -0.2) is 17.9 Å². The molecule has 1 N–H and O–H groups in total. The van der Waals surface area contributed by atoms with Crippen LogP contribution in [0.1, 0.15) is 43.0 Å². The second-order valence-corrected chi connectivity index (χ2v) is 7.62. The normalized spacial score (nSPS) is 21.8. The Morgan fingerprint density at radius 3 is 2.36 bits per heavy atom. The smallest absolute Gasteiger partial charge is 0.393 e. The number of benzene rings is 1. The van der Waals surface area contributed by atoms with Crippen LogP contribution < -0.4 is 4.72 Å². The van der Waals surface area contributed by atoms with Gasteiger partial charge in [0.15, 0.2) is 0 Å². The predicted molar refractivity (Wildman–Crippen MR) is 84.5 cm³/mol. The Hall–Kier alpha value is -1.61. The number of halogens is 3. The maximum absolute atomic E-state index is 13.1. The van der Waals surface area contributed by atoms with Crippen LogP contribution in [-0.2, 0) is 14.8 Å². The Kier molecular flexibility index (Phi) is 6.10. The molecule has 1 aliphatic carbocycles. The van der Waals surface area contributed by atoms with Crippen molar-refractivity contribution in [1.82, 2.24) is 4.72 Å². The van der Waals surface area contributed by atoms with Gasteiger partial charge >= 0.3 is 12.1 Å². The van der Waals surface area contributed by atoms with Crippen LogP contribution >= 0.6 is 0 Å². The number of carbonyl (C=O) groups excluding carboxylic acids is 1. The first-order valence-corrected chi connectivity index (χ1v) is 9.49. The summed E-state index contributed by atoms with van der Waals surface area (Å²) >= 11 is 0. The highest BCUT2D eigenvalue weighted by molar-refractivity contribution is 7.89. The first kappa shape index (κ1) is 19.7. The van der Waals surface area contributed by atoms with Crippen LogP contribution in [0.5, 0.6) is 0 Å². The average molecular weight is 379 g/mol. The van der Waals surface area contributed by atoms with E-state index in [-0.39, 0.29) is 29.9 Å². The number of nitrogens with one attached hydrogen (secondary N) is 1. The van der Waals surface area contributed by atoms with Crippen LogP contribution in [0.4, 0.5) is 13.2 Å². The molecule has 5 nitrogen and oxygen atoms in total. The average Bonchev–Trinajstić information content (AvgIpc) is 2.54. The van der Waals surface area contributed by atoms with E-state index >= 15 is 0 Å². The third-order valence-electron chi connectivity index (χ3n) is 4.17. The standard InChI is InChI=1S/C16H20F3NO4S/c1-2-24-15(21)11-7-9-12(10-8-11)25(22,23)20-14-6-4-3-5-13(14)16(17,18)19/h7-10,13-14,20H,2-6H2,1H3/t13-,14+/m1/s1. The SMILES string of the molecule is CCOC(=O)c1ccc(S(=O)(=O)N[C@H]2CCCC[C@H]2C(F)(F)F)cc1. The van der Waals surface area contributed by atoms with Crippen molar-refractivity contribution in [1.29, 1.82) is 0 Å². The molecule has 0 spiro atoms. The minimum atomic E-state index is -4.44. The predicted octanol–water partition coefficient (Wildman–Crippen LogP) is 3.26.